The van der Waals surface area contributed by atoms with E-state index < -0.39 is 35.2 Å². The number of thiol groups is 1. The van der Waals surface area contributed by atoms with Crippen molar-refractivity contribution < 1.29 is 25.2 Å². The van der Waals surface area contributed by atoms with Gasteiger partial charge in [0.2, 0.25) is 0 Å². The van der Waals surface area contributed by atoms with Crippen molar-refractivity contribution in [1.29, 1.82) is 0 Å². The van der Waals surface area contributed by atoms with Gasteiger partial charge in [0.25, 0.3) is 0 Å². The molecule has 2 aromatic carbocycles. The molecule has 6 heteroatoms. The summed E-state index contributed by atoms with van der Waals surface area (Å²) in [4.78, 5) is 10.6. The van der Waals surface area contributed by atoms with Gasteiger partial charge < -0.3 is 20.4 Å². The first kappa shape index (κ1) is 23.8. The molecule has 2 aromatic rings. The van der Waals surface area contributed by atoms with Crippen molar-refractivity contribution in [1.82, 2.24) is 0 Å². The Kier molecular flexibility index (Phi) is 8.17. The molecule has 1 heterocycles. The zero-order valence-corrected chi connectivity index (χ0v) is 19.1. The van der Waals surface area contributed by atoms with Crippen LogP contribution in [0.15, 0.2) is 42.5 Å². The second kappa shape index (κ2) is 10.6. The molecule has 0 spiro atoms. The Morgan fingerprint density at radius 3 is 2.35 bits per heavy atom. The molecule has 1 saturated heterocycles. The van der Waals surface area contributed by atoms with Crippen LogP contribution >= 0.6 is 10.9 Å². The van der Waals surface area contributed by atoms with Crippen molar-refractivity contribution in [2.75, 3.05) is 12.0 Å². The lowest BCUT2D eigenvalue weighted by Crippen LogP contribution is -2.47. The largest absolute Gasteiger partial charge is 0.481 e. The van der Waals surface area contributed by atoms with Gasteiger partial charge in [-0.1, -0.05) is 42.5 Å². The van der Waals surface area contributed by atoms with Crippen molar-refractivity contribution in [3.63, 3.8) is 0 Å². The molecular formula is C25H34O5S. The zero-order chi connectivity index (χ0) is 22.5. The topological polar surface area (TPSA) is 98.0 Å². The number of hydrogen-bond donors (Lipinski definition) is 5. The van der Waals surface area contributed by atoms with Crippen LogP contribution in [-0.2, 0) is 17.6 Å². The van der Waals surface area contributed by atoms with Gasteiger partial charge in [-0.25, -0.2) is 10.9 Å². The van der Waals surface area contributed by atoms with Crippen LogP contribution in [0.1, 0.15) is 52.3 Å². The molecule has 0 saturated carbocycles. The Bertz CT molecular complexity index is 882. The number of unbranched alkanes of at least 4 members (excludes halogenated alkanes) is 1. The van der Waals surface area contributed by atoms with Crippen molar-refractivity contribution in [3.05, 3.63) is 70.3 Å². The molecule has 0 aliphatic carbocycles. The number of carbonyl (C=O) groups is 1. The van der Waals surface area contributed by atoms with Crippen LogP contribution < -0.4 is 0 Å². The first-order valence-corrected chi connectivity index (χ1v) is 12.9. The highest BCUT2D eigenvalue weighted by Gasteiger charge is 2.40. The zero-order valence-electron chi connectivity index (χ0n) is 18.2. The Hall–Kier alpha value is -1.86. The third-order valence-electron chi connectivity index (χ3n) is 6.26. The summed E-state index contributed by atoms with van der Waals surface area (Å²) >= 11 is 0. The predicted octanol–water partition coefficient (Wildman–Crippen LogP) is 3.15. The first-order valence-electron chi connectivity index (χ1n) is 10.9. The minimum absolute atomic E-state index is 0.138. The van der Waals surface area contributed by atoms with Crippen LogP contribution in [0.3, 0.4) is 0 Å². The second-order valence-electron chi connectivity index (χ2n) is 8.71. The number of carboxylic acids is 1. The SMILES string of the molecule is Cc1ccc([C@H]2[C@H](O)[C@H](O)[C@H](O)C[SH]2C)cc1Cc1ccc(CCCCC(=O)O)cc1. The lowest BCUT2D eigenvalue weighted by Gasteiger charge is -2.42. The summed E-state index contributed by atoms with van der Waals surface area (Å²) in [6, 6.07) is 14.7. The van der Waals surface area contributed by atoms with Gasteiger partial charge in [-0.3, -0.25) is 4.79 Å². The second-order valence-corrected chi connectivity index (χ2v) is 11.1. The van der Waals surface area contributed by atoms with E-state index >= 15 is 0 Å². The summed E-state index contributed by atoms with van der Waals surface area (Å²) in [6.45, 7) is 2.08. The lowest BCUT2D eigenvalue weighted by molar-refractivity contribution is -0.137. The van der Waals surface area contributed by atoms with E-state index in [0.29, 0.717) is 12.2 Å². The highest BCUT2D eigenvalue weighted by Crippen LogP contribution is 2.48. The van der Waals surface area contributed by atoms with E-state index in [2.05, 4.69) is 49.6 Å². The maximum atomic E-state index is 10.6. The summed E-state index contributed by atoms with van der Waals surface area (Å²) in [5.41, 5.74) is 5.83. The van der Waals surface area contributed by atoms with Gasteiger partial charge in [0, 0.05) is 17.4 Å². The monoisotopic (exact) mass is 446 g/mol. The molecule has 5 nitrogen and oxygen atoms in total. The van der Waals surface area contributed by atoms with Gasteiger partial charge in [-0.05, 0) is 66.7 Å². The van der Waals surface area contributed by atoms with Crippen LogP contribution in [0.5, 0.6) is 0 Å². The van der Waals surface area contributed by atoms with Crippen molar-refractivity contribution >= 4 is 16.9 Å². The van der Waals surface area contributed by atoms with Crippen LogP contribution in [-0.4, -0.2) is 56.7 Å². The van der Waals surface area contributed by atoms with E-state index in [0.717, 1.165) is 24.8 Å². The van der Waals surface area contributed by atoms with Gasteiger partial charge in [-0.15, -0.1) is 0 Å². The van der Waals surface area contributed by atoms with Crippen LogP contribution in [0.2, 0.25) is 0 Å². The van der Waals surface area contributed by atoms with Crippen LogP contribution in [0.4, 0.5) is 0 Å². The van der Waals surface area contributed by atoms with Crippen LogP contribution in [0.25, 0.3) is 0 Å². The van der Waals surface area contributed by atoms with E-state index in [9.17, 15) is 20.1 Å². The average molecular weight is 447 g/mol. The van der Waals surface area contributed by atoms with E-state index in [1.807, 2.05) is 6.07 Å². The third-order valence-corrected chi connectivity index (χ3v) is 8.76. The molecule has 3 rings (SSSR count). The smallest absolute Gasteiger partial charge is 0.303 e. The maximum absolute atomic E-state index is 10.6. The molecule has 5 atom stereocenters. The van der Waals surface area contributed by atoms with Gasteiger partial charge in [0.05, 0.1) is 12.2 Å². The summed E-state index contributed by atoms with van der Waals surface area (Å²) in [7, 11) is -0.631. The standard InChI is InChI=1S/C25H34O5S/c1-16-7-12-19(25-24(30)23(29)21(26)15-31(25)2)14-20(16)13-18-10-8-17(9-11-18)5-3-4-6-22(27)28/h7-12,14,21,23-26,29-31H,3-6,13,15H2,1-2H3,(H,27,28)/t21-,23-,24-,25+/m1/s1. The summed E-state index contributed by atoms with van der Waals surface area (Å²) in [6.07, 6.45) is 2.64. The molecule has 1 unspecified atom stereocenters. The van der Waals surface area contributed by atoms with Gasteiger partial charge in [0.1, 0.15) is 6.10 Å². The molecule has 0 aromatic heterocycles. The molecule has 0 amide bonds. The fourth-order valence-corrected chi connectivity index (χ4v) is 6.76. The number of carboxylic acid groups (broad SMARTS) is 1. The molecular weight excluding hydrogens is 412 g/mol. The van der Waals surface area contributed by atoms with Crippen LogP contribution in [0, 0.1) is 6.92 Å². The first-order chi connectivity index (χ1) is 14.8. The van der Waals surface area contributed by atoms with E-state index in [-0.39, 0.29) is 11.7 Å². The number of aliphatic hydroxyl groups is 3. The Labute approximate surface area is 187 Å². The lowest BCUT2D eigenvalue weighted by atomic mass is 9.93. The van der Waals surface area contributed by atoms with Gasteiger partial charge in [-0.2, -0.15) is 0 Å². The Morgan fingerprint density at radius 2 is 1.68 bits per heavy atom. The number of rotatable bonds is 8. The minimum Gasteiger partial charge on any atom is -0.481 e. The highest BCUT2D eigenvalue weighted by atomic mass is 32.2. The predicted molar refractivity (Wildman–Crippen MR) is 126 cm³/mol. The molecule has 1 fully saturated rings. The van der Waals surface area contributed by atoms with Gasteiger partial charge >= 0.3 is 5.97 Å². The minimum atomic E-state index is -1.10. The number of benzene rings is 2. The van der Waals surface area contributed by atoms with Gasteiger partial charge in [0.15, 0.2) is 0 Å². The van der Waals surface area contributed by atoms with Crippen molar-refractivity contribution in [2.24, 2.45) is 0 Å². The molecule has 1 aliphatic rings. The summed E-state index contributed by atoms with van der Waals surface area (Å²) < 4.78 is 0. The Balaban J connectivity index is 1.69. The molecule has 4 N–H and O–H groups in total. The molecule has 31 heavy (non-hydrogen) atoms. The van der Waals surface area contributed by atoms with Crippen molar-refractivity contribution in [3.8, 4) is 0 Å². The quantitative estimate of drug-likeness (QED) is 0.317. The Morgan fingerprint density at radius 1 is 1.00 bits per heavy atom. The van der Waals surface area contributed by atoms with Crippen molar-refractivity contribution in [2.45, 2.75) is 62.6 Å². The van der Waals surface area contributed by atoms with E-state index in [1.165, 1.54) is 22.3 Å². The maximum Gasteiger partial charge on any atom is 0.303 e. The van der Waals surface area contributed by atoms with E-state index in [4.69, 9.17) is 5.11 Å². The number of aliphatic carboxylic acids is 1. The molecule has 0 radical (unpaired) electrons. The number of hydrogen-bond acceptors (Lipinski definition) is 4. The third kappa shape index (κ3) is 6.10. The number of aryl methyl sites for hydroxylation is 2. The summed E-state index contributed by atoms with van der Waals surface area (Å²) in [5, 5.41) is 39.3. The summed E-state index contributed by atoms with van der Waals surface area (Å²) in [5.74, 6) is -0.204. The molecule has 1 aliphatic heterocycles. The average Bonchev–Trinajstić information content (AvgIpc) is 2.73. The fourth-order valence-electron chi connectivity index (χ4n) is 4.36. The number of aliphatic hydroxyl groups excluding tert-OH is 3. The fraction of sp³-hybridized carbons (Fsp3) is 0.480. The van der Waals surface area contributed by atoms with E-state index in [1.54, 1.807) is 0 Å². The molecule has 0 bridgehead atoms. The molecule has 170 valence electrons. The normalized spacial score (nSPS) is 27.2. The highest BCUT2D eigenvalue weighted by molar-refractivity contribution is 8.16.